The molecule has 8 heterocycles. The number of amides is 6. The molecule has 6 fully saturated rings. The van der Waals surface area contributed by atoms with E-state index in [-0.39, 0.29) is 23.2 Å². The summed E-state index contributed by atoms with van der Waals surface area (Å²) in [6.07, 6.45) is 4.25. The zero-order valence-electron chi connectivity index (χ0n) is 48.5. The fourth-order valence-electron chi connectivity index (χ4n) is 11.4. The molecule has 0 radical (unpaired) electrons. The van der Waals surface area contributed by atoms with Crippen LogP contribution in [0.15, 0.2) is 97.1 Å². The van der Waals surface area contributed by atoms with E-state index >= 15 is 9.59 Å². The highest BCUT2D eigenvalue weighted by molar-refractivity contribution is 6.13. The molecule has 6 aliphatic heterocycles. The number of urea groups is 2. The minimum atomic E-state index is -0.698. The SMILES string of the molecule is CCN1CCN(C(=O)c2ccc(N(C(=O)Nc3ccc(-c4nc(N5CCCC5)nc(N5CCOCC5)n4)cc3)N(C(=O)Nc3ccc(-c4nc(N5CCCC5)nc(N5CCOCC5)n4)cc3)c3ccc(C(=O)N4CCN(C)CC4)cc3)cc2)CC1. The highest BCUT2D eigenvalue weighted by Gasteiger charge is 2.33. The molecule has 0 unspecified atom stereocenters. The van der Waals surface area contributed by atoms with Gasteiger partial charge in [-0.15, -0.1) is 0 Å². The first-order valence-corrected chi connectivity index (χ1v) is 29.9. The van der Waals surface area contributed by atoms with Crippen molar-refractivity contribution in [1.82, 2.24) is 49.5 Å². The Morgan fingerprint density at radius 1 is 0.424 bits per heavy atom. The number of nitrogens with one attached hydrogen (secondary N) is 2. The van der Waals surface area contributed by atoms with Crippen LogP contribution in [0.5, 0.6) is 0 Å². The van der Waals surface area contributed by atoms with Crippen LogP contribution in [-0.2, 0) is 9.47 Å². The second-order valence-corrected chi connectivity index (χ2v) is 22.2. The van der Waals surface area contributed by atoms with Gasteiger partial charge >= 0.3 is 12.1 Å². The Balaban J connectivity index is 0.877. The molecular formula is C61H74N18O6. The summed E-state index contributed by atoms with van der Waals surface area (Å²) in [6, 6.07) is 26.5. The molecule has 12 rings (SSSR count). The lowest BCUT2D eigenvalue weighted by Gasteiger charge is -2.35. The summed E-state index contributed by atoms with van der Waals surface area (Å²) < 4.78 is 11.3. The normalized spacial score (nSPS) is 18.0. The van der Waals surface area contributed by atoms with Gasteiger partial charge in [0.15, 0.2) is 11.6 Å². The number of piperazine rings is 2. The van der Waals surface area contributed by atoms with E-state index < -0.39 is 12.1 Å². The van der Waals surface area contributed by atoms with Gasteiger partial charge in [0.1, 0.15) is 0 Å². The van der Waals surface area contributed by atoms with Crippen LogP contribution in [-0.4, -0.2) is 218 Å². The predicted octanol–water partition coefficient (Wildman–Crippen LogP) is 6.12. The fourth-order valence-corrected chi connectivity index (χ4v) is 11.4. The third-order valence-corrected chi connectivity index (χ3v) is 16.6. The molecule has 24 nitrogen and oxygen atoms in total. The Labute approximate surface area is 495 Å². The van der Waals surface area contributed by atoms with Crippen molar-refractivity contribution in [2.75, 3.05) is 185 Å². The highest BCUT2D eigenvalue weighted by atomic mass is 16.5. The van der Waals surface area contributed by atoms with Crippen molar-refractivity contribution in [3.05, 3.63) is 108 Å². The van der Waals surface area contributed by atoms with E-state index in [4.69, 9.17) is 39.4 Å². The van der Waals surface area contributed by atoms with Crippen LogP contribution in [0.2, 0.25) is 0 Å². The summed E-state index contributed by atoms with van der Waals surface area (Å²) in [6.45, 7) is 16.9. The van der Waals surface area contributed by atoms with Gasteiger partial charge in [-0.25, -0.2) is 9.59 Å². The topological polar surface area (TPSA) is 221 Å². The molecule has 4 aromatic carbocycles. The number of benzene rings is 4. The van der Waals surface area contributed by atoms with Gasteiger partial charge in [0.25, 0.3) is 11.8 Å². The highest BCUT2D eigenvalue weighted by Crippen LogP contribution is 2.31. The van der Waals surface area contributed by atoms with E-state index in [1.807, 2.05) is 41.1 Å². The Bertz CT molecular complexity index is 3280. The molecule has 0 bridgehead atoms. The van der Waals surface area contributed by atoms with E-state index in [2.05, 4.69) is 47.0 Å². The number of morpholine rings is 2. The zero-order valence-corrected chi connectivity index (χ0v) is 48.5. The molecule has 6 aromatic rings. The van der Waals surface area contributed by atoms with Crippen molar-refractivity contribution >= 4 is 70.4 Å². The van der Waals surface area contributed by atoms with E-state index in [1.54, 1.807) is 72.8 Å². The minimum absolute atomic E-state index is 0.124. The number of carbonyl (C=O) groups excluding carboxylic acids is 4. The summed E-state index contributed by atoms with van der Waals surface area (Å²) in [5.41, 5.74) is 3.73. The summed E-state index contributed by atoms with van der Waals surface area (Å²) in [5, 5.41) is 8.61. The lowest BCUT2D eigenvalue weighted by Crippen LogP contribution is -2.54. The number of ether oxygens (including phenoxy) is 2. The van der Waals surface area contributed by atoms with Crippen molar-refractivity contribution in [1.29, 1.82) is 0 Å². The summed E-state index contributed by atoms with van der Waals surface area (Å²) in [5.74, 6) is 3.19. The number of anilines is 8. The quantitative estimate of drug-likeness (QED) is 0.124. The molecule has 24 heteroatoms. The summed E-state index contributed by atoms with van der Waals surface area (Å²) in [7, 11) is 2.04. The monoisotopic (exact) mass is 1150 g/mol. The zero-order chi connectivity index (χ0) is 58.2. The third kappa shape index (κ3) is 13.2. The maximum Gasteiger partial charge on any atom is 0.345 e. The molecule has 6 saturated heterocycles. The average Bonchev–Trinajstić information content (AvgIpc) is 4.47. The van der Waals surface area contributed by atoms with Crippen molar-refractivity contribution in [2.24, 2.45) is 0 Å². The van der Waals surface area contributed by atoms with E-state index in [9.17, 15) is 9.59 Å². The van der Waals surface area contributed by atoms with E-state index in [1.165, 1.54) is 10.0 Å². The Morgan fingerprint density at radius 3 is 1.12 bits per heavy atom. The molecule has 2 aromatic heterocycles. The maximum absolute atomic E-state index is 15.4. The van der Waals surface area contributed by atoms with Gasteiger partial charge in [-0.3, -0.25) is 9.59 Å². The largest absolute Gasteiger partial charge is 0.378 e. The van der Waals surface area contributed by atoms with Crippen LogP contribution in [0.25, 0.3) is 22.8 Å². The van der Waals surface area contributed by atoms with Crippen LogP contribution < -0.4 is 40.3 Å². The molecule has 6 amide bonds. The van der Waals surface area contributed by atoms with Crippen LogP contribution >= 0.6 is 0 Å². The number of rotatable bonds is 13. The van der Waals surface area contributed by atoms with Gasteiger partial charge < -0.3 is 59.3 Å². The molecular weight excluding hydrogens is 1080 g/mol. The summed E-state index contributed by atoms with van der Waals surface area (Å²) in [4.78, 5) is 105. The smallest absolute Gasteiger partial charge is 0.345 e. The van der Waals surface area contributed by atoms with Gasteiger partial charge in [-0.1, -0.05) is 6.92 Å². The van der Waals surface area contributed by atoms with Crippen molar-refractivity contribution in [3.63, 3.8) is 0 Å². The number of nitrogens with zero attached hydrogens (tertiary/aromatic N) is 16. The van der Waals surface area contributed by atoms with Crippen molar-refractivity contribution in [2.45, 2.75) is 32.6 Å². The van der Waals surface area contributed by atoms with Crippen molar-refractivity contribution < 1.29 is 28.7 Å². The Kier molecular flexibility index (Phi) is 17.5. The lowest BCUT2D eigenvalue weighted by molar-refractivity contribution is 0.0641. The van der Waals surface area contributed by atoms with Gasteiger partial charge in [-0.05, 0) is 136 Å². The molecule has 0 atom stereocenters. The van der Waals surface area contributed by atoms with Gasteiger partial charge in [-0.2, -0.15) is 39.9 Å². The number of likely N-dealkylation sites (N-methyl/N-ethyl adjacent to an activating group) is 2. The second kappa shape index (κ2) is 26.1. The average molecular weight is 1160 g/mol. The van der Waals surface area contributed by atoms with Crippen molar-refractivity contribution in [3.8, 4) is 22.8 Å². The molecule has 6 aliphatic rings. The van der Waals surface area contributed by atoms with Crippen LogP contribution in [0, 0.1) is 0 Å². The lowest BCUT2D eigenvalue weighted by atomic mass is 10.1. The number of hydrazine groups is 1. The van der Waals surface area contributed by atoms with E-state index in [0.29, 0.717) is 137 Å². The first kappa shape index (κ1) is 56.9. The summed E-state index contributed by atoms with van der Waals surface area (Å²) >= 11 is 0. The van der Waals surface area contributed by atoms with Gasteiger partial charge in [0, 0.05) is 138 Å². The Hall–Kier alpha value is -8.58. The third-order valence-electron chi connectivity index (χ3n) is 16.6. The number of aromatic nitrogens is 6. The number of hydrogen-bond donors (Lipinski definition) is 2. The first-order chi connectivity index (χ1) is 41.6. The molecule has 85 heavy (non-hydrogen) atoms. The molecule has 444 valence electrons. The maximum atomic E-state index is 15.4. The van der Waals surface area contributed by atoms with E-state index in [0.717, 1.165) is 95.7 Å². The molecule has 0 aliphatic carbocycles. The Morgan fingerprint density at radius 2 is 0.765 bits per heavy atom. The second-order valence-electron chi connectivity index (χ2n) is 22.2. The molecule has 0 saturated carbocycles. The van der Waals surface area contributed by atoms with Crippen LogP contribution in [0.3, 0.4) is 0 Å². The number of carbonyl (C=O) groups is 4. The molecule has 0 spiro atoms. The van der Waals surface area contributed by atoms with Gasteiger partial charge in [0.2, 0.25) is 23.8 Å². The molecule has 2 N–H and O–H groups in total. The fraction of sp³-hybridized carbons (Fsp3) is 0.443. The first-order valence-electron chi connectivity index (χ1n) is 29.9. The van der Waals surface area contributed by atoms with Crippen LogP contribution in [0.4, 0.5) is 56.1 Å². The van der Waals surface area contributed by atoms with Gasteiger partial charge in [0.05, 0.1) is 37.8 Å². The van der Waals surface area contributed by atoms with Crippen LogP contribution in [0.1, 0.15) is 53.3 Å². The standard InChI is InChI=1S/C61H74N18O6/c1-3-71-30-34-73(35-31-71)55(81)47-14-22-51(23-15-47)79(61(83)63-49-18-10-45(11-19-49)53-65-57(75-26-6-7-27-75)69-59(67-53)77-38-42-85-43-39-77)78(50-20-12-46(13-21-50)54(80)72-32-28-70(2)29-33-72)60(82)62-48-16-8-44(9-17-48)52-64-56(74-24-4-5-25-74)68-58(66-52)76-36-40-84-41-37-76/h8-23H,3-7,24-43H2,1-2H3,(H,62,82)(H,63,83). The number of hydrogen-bond acceptors (Lipinski definition) is 18. The minimum Gasteiger partial charge on any atom is -0.378 e. The predicted molar refractivity (Wildman–Crippen MR) is 327 cm³/mol.